The van der Waals surface area contributed by atoms with Crippen molar-refractivity contribution < 1.29 is 18.4 Å². The Hall–Kier alpha value is -2.19. The van der Waals surface area contributed by atoms with Crippen molar-refractivity contribution in [2.24, 2.45) is 0 Å². The van der Waals surface area contributed by atoms with Crippen LogP contribution in [0, 0.1) is 10.1 Å². The zero-order valence-corrected chi connectivity index (χ0v) is 8.39. The predicted octanol–water partition coefficient (Wildman–Crippen LogP) is 1.01. The Morgan fingerprint density at radius 3 is 3.00 bits per heavy atom. The molecular weight excluding hydrogens is 238 g/mol. The number of aromatic nitrogens is 1. The van der Waals surface area contributed by atoms with Crippen molar-refractivity contribution in [3.05, 3.63) is 16.2 Å². The van der Waals surface area contributed by atoms with E-state index < -0.39 is 23.1 Å². The monoisotopic (exact) mass is 246 g/mol. The van der Waals surface area contributed by atoms with Gasteiger partial charge in [-0.2, -0.15) is 0 Å². The average Bonchev–Trinajstić information content (AvgIpc) is 2.26. The van der Waals surface area contributed by atoms with E-state index in [-0.39, 0.29) is 24.0 Å². The SMILES string of the molecule is Nc1nc2c(cc1[N+](=O)[O-])OC[C@@H](C(F)F)N2. The number of nitrogens with one attached hydrogen (secondary N) is 1. The fourth-order valence-electron chi connectivity index (χ4n) is 1.39. The lowest BCUT2D eigenvalue weighted by atomic mass is 10.2. The first-order valence-electron chi connectivity index (χ1n) is 4.61. The van der Waals surface area contributed by atoms with Crippen LogP contribution >= 0.6 is 0 Å². The van der Waals surface area contributed by atoms with Crippen LogP contribution in [-0.4, -0.2) is 29.0 Å². The van der Waals surface area contributed by atoms with E-state index in [0.29, 0.717) is 0 Å². The summed E-state index contributed by atoms with van der Waals surface area (Å²) in [5.74, 6) is -0.313. The highest BCUT2D eigenvalue weighted by Crippen LogP contribution is 2.34. The maximum absolute atomic E-state index is 12.4. The Bertz CT molecular complexity index is 468. The van der Waals surface area contributed by atoms with Gasteiger partial charge in [-0.15, -0.1) is 0 Å². The smallest absolute Gasteiger partial charge is 0.315 e. The quantitative estimate of drug-likeness (QED) is 0.596. The summed E-state index contributed by atoms with van der Waals surface area (Å²) < 4.78 is 29.8. The summed E-state index contributed by atoms with van der Waals surface area (Å²) in [7, 11) is 0. The maximum Gasteiger partial charge on any atom is 0.315 e. The van der Waals surface area contributed by atoms with Crippen molar-refractivity contribution >= 4 is 17.3 Å². The van der Waals surface area contributed by atoms with E-state index in [9.17, 15) is 18.9 Å². The summed E-state index contributed by atoms with van der Waals surface area (Å²) in [5, 5.41) is 13.0. The molecule has 1 aliphatic heterocycles. The highest BCUT2D eigenvalue weighted by Gasteiger charge is 2.29. The second-order valence-electron chi connectivity index (χ2n) is 3.39. The standard InChI is InChI=1S/C8H8F2N4O3/c9-6(10)3-2-17-5-1-4(14(15)16)7(11)13-8(5)12-3/h1,3,6H,2H2,(H3,11,12,13)/t3-/m0/s1. The second-order valence-corrected chi connectivity index (χ2v) is 3.39. The molecule has 0 saturated carbocycles. The Kier molecular flexibility index (Phi) is 2.66. The number of fused-ring (bicyclic) bond motifs is 1. The van der Waals surface area contributed by atoms with Gasteiger partial charge in [-0.3, -0.25) is 10.1 Å². The topological polar surface area (TPSA) is 103 Å². The largest absolute Gasteiger partial charge is 0.487 e. The van der Waals surface area contributed by atoms with Crippen LogP contribution in [0.5, 0.6) is 5.75 Å². The van der Waals surface area contributed by atoms with E-state index in [1.54, 1.807) is 0 Å². The number of nitrogens with zero attached hydrogens (tertiary/aromatic N) is 2. The molecule has 1 atom stereocenters. The molecule has 1 aromatic rings. The molecule has 2 heterocycles. The van der Waals surface area contributed by atoms with Gasteiger partial charge in [-0.1, -0.05) is 0 Å². The van der Waals surface area contributed by atoms with Gasteiger partial charge in [-0.25, -0.2) is 13.8 Å². The third kappa shape index (κ3) is 2.03. The molecule has 3 N–H and O–H groups in total. The predicted molar refractivity (Wildman–Crippen MR) is 54.2 cm³/mol. The summed E-state index contributed by atoms with van der Waals surface area (Å²) >= 11 is 0. The first-order chi connectivity index (χ1) is 7.99. The van der Waals surface area contributed by atoms with Crippen molar-refractivity contribution in [3.63, 3.8) is 0 Å². The summed E-state index contributed by atoms with van der Waals surface area (Å²) in [5.41, 5.74) is 4.92. The first kappa shape index (κ1) is 11.3. The number of ether oxygens (including phenoxy) is 1. The molecule has 0 bridgehead atoms. The molecule has 9 heteroatoms. The van der Waals surface area contributed by atoms with Gasteiger partial charge in [-0.05, 0) is 0 Å². The van der Waals surface area contributed by atoms with Crippen molar-refractivity contribution in [2.45, 2.75) is 12.5 Å². The molecule has 7 nitrogen and oxygen atoms in total. The zero-order valence-electron chi connectivity index (χ0n) is 8.39. The number of alkyl halides is 2. The lowest BCUT2D eigenvalue weighted by molar-refractivity contribution is -0.384. The highest BCUT2D eigenvalue weighted by molar-refractivity contribution is 5.65. The van der Waals surface area contributed by atoms with E-state index in [1.807, 2.05) is 0 Å². The van der Waals surface area contributed by atoms with E-state index in [2.05, 4.69) is 10.3 Å². The minimum Gasteiger partial charge on any atom is -0.487 e. The molecular formula is C8H8F2N4O3. The van der Waals surface area contributed by atoms with Crippen LogP contribution < -0.4 is 15.8 Å². The minimum atomic E-state index is -2.62. The number of hydrogen-bond donors (Lipinski definition) is 2. The maximum atomic E-state index is 12.4. The van der Waals surface area contributed by atoms with Gasteiger partial charge in [0.05, 0.1) is 11.0 Å². The van der Waals surface area contributed by atoms with E-state index >= 15 is 0 Å². The highest BCUT2D eigenvalue weighted by atomic mass is 19.3. The van der Waals surface area contributed by atoms with Gasteiger partial charge in [0.1, 0.15) is 12.6 Å². The fourth-order valence-corrected chi connectivity index (χ4v) is 1.39. The summed E-state index contributed by atoms with van der Waals surface area (Å²) in [6.07, 6.45) is -2.62. The second kappa shape index (κ2) is 4.00. The van der Waals surface area contributed by atoms with E-state index in [0.717, 1.165) is 6.07 Å². The lowest BCUT2D eigenvalue weighted by Gasteiger charge is -2.25. The zero-order chi connectivity index (χ0) is 12.6. The molecule has 0 fully saturated rings. The van der Waals surface area contributed by atoms with Crippen molar-refractivity contribution in [1.82, 2.24) is 4.98 Å². The van der Waals surface area contributed by atoms with Crippen LogP contribution in [0.25, 0.3) is 0 Å². The van der Waals surface area contributed by atoms with Crippen molar-refractivity contribution in [2.75, 3.05) is 17.7 Å². The minimum absolute atomic E-state index is 0.00958. The van der Waals surface area contributed by atoms with Crippen LogP contribution in [0.1, 0.15) is 0 Å². The van der Waals surface area contributed by atoms with Crippen molar-refractivity contribution in [3.8, 4) is 5.75 Å². The van der Waals surface area contributed by atoms with Crippen LogP contribution in [0.2, 0.25) is 0 Å². The third-order valence-electron chi connectivity index (χ3n) is 2.24. The lowest BCUT2D eigenvalue weighted by Crippen LogP contribution is -2.37. The Labute approximate surface area is 93.7 Å². The number of nitrogens with two attached hydrogens (primary N) is 1. The van der Waals surface area contributed by atoms with Gasteiger partial charge in [0.2, 0.25) is 5.82 Å². The number of pyridine rings is 1. The molecule has 17 heavy (non-hydrogen) atoms. The molecule has 2 rings (SSSR count). The molecule has 0 radical (unpaired) electrons. The molecule has 0 aromatic carbocycles. The number of hydrogen-bond acceptors (Lipinski definition) is 6. The number of nitro groups is 1. The summed E-state index contributed by atoms with van der Waals surface area (Å²) in [6, 6.07) is -0.136. The summed E-state index contributed by atoms with van der Waals surface area (Å²) in [6.45, 7) is -0.284. The Morgan fingerprint density at radius 1 is 1.71 bits per heavy atom. The number of nitrogen functional groups attached to an aromatic ring is 1. The number of anilines is 2. The van der Waals surface area contributed by atoms with Crippen molar-refractivity contribution in [1.29, 1.82) is 0 Å². The molecule has 1 aliphatic rings. The third-order valence-corrected chi connectivity index (χ3v) is 2.24. The van der Waals surface area contributed by atoms with Gasteiger partial charge in [0.25, 0.3) is 6.43 Å². The molecule has 0 unspecified atom stereocenters. The molecule has 0 saturated heterocycles. The number of halogens is 2. The Balaban J connectivity index is 2.35. The van der Waals surface area contributed by atoms with Crippen LogP contribution in [0.4, 0.5) is 26.1 Å². The van der Waals surface area contributed by atoms with E-state index in [1.165, 1.54) is 0 Å². The normalized spacial score (nSPS) is 18.2. The molecule has 0 spiro atoms. The molecule has 1 aromatic heterocycles. The fraction of sp³-hybridized carbons (Fsp3) is 0.375. The molecule has 0 amide bonds. The van der Waals surface area contributed by atoms with Crippen LogP contribution in [-0.2, 0) is 0 Å². The molecule has 92 valence electrons. The average molecular weight is 246 g/mol. The first-order valence-corrected chi connectivity index (χ1v) is 4.61. The van der Waals surface area contributed by atoms with Gasteiger partial charge >= 0.3 is 5.69 Å². The number of rotatable bonds is 2. The van der Waals surface area contributed by atoms with E-state index in [4.69, 9.17) is 10.5 Å². The van der Waals surface area contributed by atoms with Gasteiger partial charge in [0, 0.05) is 0 Å². The van der Waals surface area contributed by atoms with Gasteiger partial charge in [0.15, 0.2) is 11.6 Å². The van der Waals surface area contributed by atoms with Crippen LogP contribution in [0.3, 0.4) is 0 Å². The van der Waals surface area contributed by atoms with Crippen LogP contribution in [0.15, 0.2) is 6.07 Å². The Morgan fingerprint density at radius 2 is 2.41 bits per heavy atom. The molecule has 0 aliphatic carbocycles. The van der Waals surface area contributed by atoms with Gasteiger partial charge < -0.3 is 15.8 Å². The summed E-state index contributed by atoms with van der Waals surface area (Å²) in [4.78, 5) is 13.5.